The average molecular weight is 418 g/mol. The maximum absolute atomic E-state index is 12.8. The first-order valence-electron chi connectivity index (χ1n) is 10.7. The number of amides is 2. The number of benzene rings is 1. The molecule has 0 aliphatic carbocycles. The van der Waals surface area contributed by atoms with Crippen molar-refractivity contribution in [2.24, 2.45) is 11.8 Å². The van der Waals surface area contributed by atoms with Crippen molar-refractivity contribution in [3.05, 3.63) is 35.4 Å². The van der Waals surface area contributed by atoms with E-state index in [-0.39, 0.29) is 30.6 Å². The number of nitrogens with one attached hydrogen (secondary N) is 2. The smallest absolute Gasteiger partial charge is 0.426 e. The molecule has 8 heteroatoms. The molecule has 1 rings (SSSR count). The van der Waals surface area contributed by atoms with Crippen LogP contribution in [-0.4, -0.2) is 47.2 Å². The molecule has 0 spiro atoms. The highest BCUT2D eigenvalue weighted by molar-refractivity contribution is 6.43. The van der Waals surface area contributed by atoms with Crippen LogP contribution in [0.1, 0.15) is 69.3 Å². The van der Waals surface area contributed by atoms with Gasteiger partial charge in [0, 0.05) is 25.5 Å². The van der Waals surface area contributed by atoms with Crippen LogP contribution in [0.3, 0.4) is 0 Å². The quantitative estimate of drug-likeness (QED) is 0.289. The van der Waals surface area contributed by atoms with Crippen molar-refractivity contribution in [1.29, 1.82) is 0 Å². The summed E-state index contributed by atoms with van der Waals surface area (Å²) in [5.74, 6) is -2.51. The van der Waals surface area contributed by atoms with Gasteiger partial charge in [-0.3, -0.25) is 14.4 Å². The van der Waals surface area contributed by atoms with Crippen LogP contribution in [0.25, 0.3) is 0 Å². The van der Waals surface area contributed by atoms with Gasteiger partial charge in [0.2, 0.25) is 11.8 Å². The second-order valence-electron chi connectivity index (χ2n) is 8.22. The van der Waals surface area contributed by atoms with Crippen molar-refractivity contribution < 1.29 is 24.4 Å². The monoisotopic (exact) mass is 418 g/mol. The molecule has 4 N–H and O–H groups in total. The molecule has 166 valence electrons. The Labute approximate surface area is 179 Å². The van der Waals surface area contributed by atoms with Crippen molar-refractivity contribution >= 4 is 24.7 Å². The van der Waals surface area contributed by atoms with Crippen LogP contribution in [0.4, 0.5) is 0 Å². The molecule has 2 atom stereocenters. The Hall–Kier alpha value is -2.19. The third-order valence-corrected chi connectivity index (χ3v) is 4.91. The van der Waals surface area contributed by atoms with E-state index >= 15 is 0 Å². The molecule has 0 aromatic heterocycles. The second kappa shape index (κ2) is 13.2. The molecule has 1 aromatic rings. The van der Waals surface area contributed by atoms with E-state index in [0.717, 1.165) is 24.8 Å². The molecule has 0 unspecified atom stereocenters. The van der Waals surface area contributed by atoms with Crippen LogP contribution in [0.2, 0.25) is 0 Å². The van der Waals surface area contributed by atoms with Crippen molar-refractivity contribution in [2.45, 2.75) is 65.7 Å². The molecular formula is C22H35BN2O5. The van der Waals surface area contributed by atoms with E-state index in [0.29, 0.717) is 12.0 Å². The predicted molar refractivity (Wildman–Crippen MR) is 118 cm³/mol. The van der Waals surface area contributed by atoms with E-state index in [1.165, 1.54) is 6.92 Å². The Morgan fingerprint density at radius 1 is 1.10 bits per heavy atom. The number of rotatable bonds is 13. The molecular weight excluding hydrogens is 383 g/mol. The van der Waals surface area contributed by atoms with Crippen molar-refractivity contribution in [3.63, 3.8) is 0 Å². The molecule has 2 amide bonds. The fourth-order valence-corrected chi connectivity index (χ4v) is 3.17. The van der Waals surface area contributed by atoms with Crippen molar-refractivity contribution in [1.82, 2.24) is 10.6 Å². The first-order chi connectivity index (χ1) is 14.1. The molecule has 0 heterocycles. The summed E-state index contributed by atoms with van der Waals surface area (Å²) in [7, 11) is -1.70. The first kappa shape index (κ1) is 25.9. The molecule has 0 saturated heterocycles. The SMILES string of the molecule is CCCCc1ccc(C(=O)C[C@@H](CNC(C)=O)C(=O)N[C@@H](CC(C)C)B(O)O)cc1. The van der Waals surface area contributed by atoms with Crippen LogP contribution in [0, 0.1) is 11.8 Å². The molecule has 0 aliphatic rings. The van der Waals surface area contributed by atoms with E-state index in [9.17, 15) is 24.4 Å². The number of hydrogen-bond acceptors (Lipinski definition) is 5. The van der Waals surface area contributed by atoms with Gasteiger partial charge >= 0.3 is 7.12 Å². The molecule has 7 nitrogen and oxygen atoms in total. The van der Waals surface area contributed by atoms with Gasteiger partial charge < -0.3 is 20.7 Å². The summed E-state index contributed by atoms with van der Waals surface area (Å²) in [4.78, 5) is 36.8. The van der Waals surface area contributed by atoms with E-state index < -0.39 is 24.9 Å². The summed E-state index contributed by atoms with van der Waals surface area (Å²) in [6.45, 7) is 7.27. The zero-order valence-corrected chi connectivity index (χ0v) is 18.5. The van der Waals surface area contributed by atoms with Gasteiger partial charge in [-0.25, -0.2) is 0 Å². The number of Topliss-reactive ketones (excluding diaryl/α,β-unsaturated/α-hetero) is 1. The number of carbonyl (C=O) groups excluding carboxylic acids is 3. The minimum Gasteiger partial charge on any atom is -0.426 e. The van der Waals surface area contributed by atoms with Crippen LogP contribution < -0.4 is 10.6 Å². The van der Waals surface area contributed by atoms with Gasteiger partial charge in [0.25, 0.3) is 0 Å². The Bertz CT molecular complexity index is 691. The minimum absolute atomic E-state index is 0.00257. The summed E-state index contributed by atoms with van der Waals surface area (Å²) < 4.78 is 0. The van der Waals surface area contributed by atoms with Crippen LogP contribution in [-0.2, 0) is 16.0 Å². The Morgan fingerprint density at radius 2 is 1.73 bits per heavy atom. The van der Waals surface area contributed by atoms with Gasteiger partial charge in [0.05, 0.1) is 11.9 Å². The summed E-state index contributed by atoms with van der Waals surface area (Å²) in [5, 5.41) is 24.3. The number of ketones is 1. The number of aryl methyl sites for hydroxylation is 1. The largest absolute Gasteiger partial charge is 0.475 e. The Kier molecular flexibility index (Phi) is 11.4. The molecule has 0 saturated carbocycles. The highest BCUT2D eigenvalue weighted by atomic mass is 16.4. The van der Waals surface area contributed by atoms with E-state index in [1.807, 2.05) is 26.0 Å². The van der Waals surface area contributed by atoms with Crippen molar-refractivity contribution in [2.75, 3.05) is 6.54 Å². The van der Waals surface area contributed by atoms with Crippen LogP contribution in [0.5, 0.6) is 0 Å². The van der Waals surface area contributed by atoms with Crippen LogP contribution in [0.15, 0.2) is 24.3 Å². The van der Waals surface area contributed by atoms with E-state index in [4.69, 9.17) is 0 Å². The predicted octanol–water partition coefficient (Wildman–Crippen LogP) is 1.90. The highest BCUT2D eigenvalue weighted by Gasteiger charge is 2.30. The lowest BCUT2D eigenvalue weighted by Gasteiger charge is -2.23. The van der Waals surface area contributed by atoms with Gasteiger partial charge in [-0.2, -0.15) is 0 Å². The van der Waals surface area contributed by atoms with Gasteiger partial charge in [-0.1, -0.05) is 51.5 Å². The van der Waals surface area contributed by atoms with Gasteiger partial charge in [-0.15, -0.1) is 0 Å². The van der Waals surface area contributed by atoms with Gasteiger partial charge in [0.15, 0.2) is 5.78 Å². The molecule has 0 radical (unpaired) electrons. The summed E-state index contributed by atoms with van der Waals surface area (Å²) >= 11 is 0. The Morgan fingerprint density at radius 3 is 2.23 bits per heavy atom. The number of carbonyl (C=O) groups is 3. The maximum atomic E-state index is 12.8. The van der Waals surface area contributed by atoms with Gasteiger partial charge in [0.1, 0.15) is 0 Å². The Balaban J connectivity index is 2.86. The standard InChI is InChI=1S/C22H35BN2O5/c1-5-6-7-17-8-10-18(11-9-17)20(27)13-19(14-24-16(4)26)22(28)25-21(23(29)30)12-15(2)3/h8-11,15,19,21,29-30H,5-7,12-14H2,1-4H3,(H,24,26)(H,25,28)/t19-,21-/m0/s1. The third-order valence-electron chi connectivity index (χ3n) is 4.91. The molecule has 0 fully saturated rings. The fourth-order valence-electron chi connectivity index (χ4n) is 3.17. The highest BCUT2D eigenvalue weighted by Crippen LogP contribution is 2.14. The third kappa shape index (κ3) is 9.54. The minimum atomic E-state index is -1.70. The summed E-state index contributed by atoms with van der Waals surface area (Å²) in [6, 6.07) is 7.37. The zero-order valence-electron chi connectivity index (χ0n) is 18.5. The molecule has 30 heavy (non-hydrogen) atoms. The lowest BCUT2D eigenvalue weighted by molar-refractivity contribution is -0.125. The van der Waals surface area contributed by atoms with Crippen LogP contribution >= 0.6 is 0 Å². The van der Waals surface area contributed by atoms with Gasteiger partial charge in [-0.05, 0) is 30.7 Å². The summed E-state index contributed by atoms with van der Waals surface area (Å²) in [5.41, 5.74) is 1.67. The van der Waals surface area contributed by atoms with E-state index in [1.54, 1.807) is 12.1 Å². The normalized spacial score (nSPS) is 12.9. The number of hydrogen-bond donors (Lipinski definition) is 4. The molecule has 1 aromatic carbocycles. The number of unbranched alkanes of at least 4 members (excludes halogenated alkanes) is 1. The van der Waals surface area contributed by atoms with Crippen molar-refractivity contribution in [3.8, 4) is 0 Å². The lowest BCUT2D eigenvalue weighted by Crippen LogP contribution is -2.50. The second-order valence-corrected chi connectivity index (χ2v) is 8.22. The first-order valence-corrected chi connectivity index (χ1v) is 10.7. The fraction of sp³-hybridized carbons (Fsp3) is 0.591. The summed E-state index contributed by atoms with van der Waals surface area (Å²) in [6.07, 6.45) is 3.43. The zero-order chi connectivity index (χ0) is 22.7. The van der Waals surface area contributed by atoms with E-state index in [2.05, 4.69) is 17.6 Å². The maximum Gasteiger partial charge on any atom is 0.475 e. The molecule has 0 aliphatic heterocycles. The average Bonchev–Trinajstić information content (AvgIpc) is 2.68. The molecule has 0 bridgehead atoms. The topological polar surface area (TPSA) is 116 Å². The lowest BCUT2D eigenvalue weighted by atomic mass is 9.74.